The number of hydrogen-bond acceptors (Lipinski definition) is 4. The van der Waals surface area contributed by atoms with Crippen molar-refractivity contribution in [3.8, 4) is 16.3 Å². The molecule has 0 saturated carbocycles. The lowest BCUT2D eigenvalue weighted by atomic mass is 10.1. The molecule has 0 saturated heterocycles. The lowest BCUT2D eigenvalue weighted by molar-refractivity contribution is -0.121. The van der Waals surface area contributed by atoms with Crippen molar-refractivity contribution in [2.75, 3.05) is 6.61 Å². The molecule has 1 N–H and O–H groups in total. The molecule has 0 radical (unpaired) electrons. The topological polar surface area (TPSA) is 51.2 Å². The third-order valence-corrected chi connectivity index (χ3v) is 6.14. The van der Waals surface area contributed by atoms with Gasteiger partial charge in [0.2, 0.25) is 5.91 Å². The van der Waals surface area contributed by atoms with Gasteiger partial charge in [-0.25, -0.2) is 4.98 Å². The van der Waals surface area contributed by atoms with Crippen LogP contribution in [0.15, 0.2) is 41.8 Å². The van der Waals surface area contributed by atoms with E-state index in [-0.39, 0.29) is 5.91 Å². The normalized spacial score (nSPS) is 10.8. The molecule has 3 aromatic rings. The highest BCUT2D eigenvalue weighted by Crippen LogP contribution is 2.27. The van der Waals surface area contributed by atoms with Crippen molar-refractivity contribution in [3.63, 3.8) is 0 Å². The standard InChI is InChI=1S/C23H25ClN2O2S/c1-15-7-4-5-8-20(15)23-26-18(14-29-23)13-25-21(27)9-6-10-28-19-11-16(2)22(24)17(3)12-19/h4-5,7-8,11-12,14H,6,9-10,13H2,1-3H3,(H,25,27). The van der Waals surface area contributed by atoms with Crippen LogP contribution in [0.2, 0.25) is 5.02 Å². The molecule has 0 aliphatic rings. The first kappa shape index (κ1) is 21.3. The SMILES string of the molecule is Cc1ccccc1-c1nc(CNC(=O)CCCOc2cc(C)c(Cl)c(C)c2)cs1. The minimum absolute atomic E-state index is 0.00232. The Morgan fingerprint density at radius 3 is 2.59 bits per heavy atom. The lowest BCUT2D eigenvalue weighted by Crippen LogP contribution is -2.23. The van der Waals surface area contributed by atoms with Crippen LogP contribution in [0.5, 0.6) is 5.75 Å². The summed E-state index contributed by atoms with van der Waals surface area (Å²) in [6.45, 7) is 6.92. The van der Waals surface area contributed by atoms with Crippen LogP contribution in [0.1, 0.15) is 35.2 Å². The molecule has 4 nitrogen and oxygen atoms in total. The molecule has 0 unspecified atom stereocenters. The largest absolute Gasteiger partial charge is 0.494 e. The van der Waals surface area contributed by atoms with E-state index in [0.717, 1.165) is 38.2 Å². The number of aryl methyl sites for hydroxylation is 3. The summed E-state index contributed by atoms with van der Waals surface area (Å²) in [7, 11) is 0. The van der Waals surface area contributed by atoms with E-state index >= 15 is 0 Å². The van der Waals surface area contributed by atoms with E-state index in [9.17, 15) is 4.79 Å². The average Bonchev–Trinajstić information content (AvgIpc) is 3.17. The predicted octanol–water partition coefficient (Wildman–Crippen LogP) is 5.86. The van der Waals surface area contributed by atoms with Gasteiger partial charge in [-0.2, -0.15) is 0 Å². The molecule has 0 aliphatic carbocycles. The summed E-state index contributed by atoms with van der Waals surface area (Å²) in [5.41, 5.74) is 5.20. The van der Waals surface area contributed by atoms with Crippen LogP contribution >= 0.6 is 22.9 Å². The van der Waals surface area contributed by atoms with E-state index in [4.69, 9.17) is 16.3 Å². The third kappa shape index (κ3) is 5.81. The number of benzene rings is 2. The number of halogens is 1. The Kier molecular flexibility index (Phi) is 7.29. The number of hydrogen-bond donors (Lipinski definition) is 1. The zero-order chi connectivity index (χ0) is 20.8. The Bertz CT molecular complexity index is 977. The molecule has 0 bridgehead atoms. The van der Waals surface area contributed by atoms with Gasteiger partial charge >= 0.3 is 0 Å². The number of ether oxygens (including phenoxy) is 1. The molecule has 2 aromatic carbocycles. The van der Waals surface area contributed by atoms with Crippen molar-refractivity contribution in [1.29, 1.82) is 0 Å². The number of amides is 1. The molecule has 29 heavy (non-hydrogen) atoms. The molecule has 0 aliphatic heterocycles. The van der Waals surface area contributed by atoms with Gasteiger partial charge in [0.1, 0.15) is 10.8 Å². The summed E-state index contributed by atoms with van der Waals surface area (Å²) in [4.78, 5) is 16.7. The zero-order valence-corrected chi connectivity index (χ0v) is 18.5. The number of carbonyl (C=O) groups excluding carboxylic acids is 1. The minimum Gasteiger partial charge on any atom is -0.494 e. The molecule has 1 aromatic heterocycles. The maximum Gasteiger partial charge on any atom is 0.220 e. The minimum atomic E-state index is 0.00232. The van der Waals surface area contributed by atoms with Gasteiger partial charge in [-0.1, -0.05) is 35.9 Å². The van der Waals surface area contributed by atoms with Crippen LogP contribution in [-0.4, -0.2) is 17.5 Å². The van der Waals surface area contributed by atoms with Crippen LogP contribution in [0, 0.1) is 20.8 Å². The Morgan fingerprint density at radius 1 is 1.14 bits per heavy atom. The molecule has 1 heterocycles. The van der Waals surface area contributed by atoms with Gasteiger partial charge in [0, 0.05) is 22.4 Å². The third-order valence-electron chi connectivity index (χ3n) is 4.62. The van der Waals surface area contributed by atoms with Crippen molar-refractivity contribution >= 4 is 28.8 Å². The van der Waals surface area contributed by atoms with E-state index in [0.29, 0.717) is 26.0 Å². The number of aromatic nitrogens is 1. The molecule has 0 spiro atoms. The maximum atomic E-state index is 12.1. The predicted molar refractivity (Wildman–Crippen MR) is 120 cm³/mol. The van der Waals surface area contributed by atoms with E-state index in [1.165, 1.54) is 5.56 Å². The van der Waals surface area contributed by atoms with Crippen LogP contribution in [0.4, 0.5) is 0 Å². The van der Waals surface area contributed by atoms with Gasteiger partial charge in [0.05, 0.1) is 18.8 Å². The van der Waals surface area contributed by atoms with Crippen LogP contribution < -0.4 is 10.1 Å². The van der Waals surface area contributed by atoms with Crippen molar-refractivity contribution in [1.82, 2.24) is 10.3 Å². The molecule has 3 rings (SSSR count). The fraction of sp³-hybridized carbons (Fsp3) is 0.304. The Labute approximate surface area is 180 Å². The molecule has 0 fully saturated rings. The molecule has 0 atom stereocenters. The molecule has 1 amide bonds. The molecular formula is C23H25ClN2O2S. The number of nitrogens with zero attached hydrogens (tertiary/aromatic N) is 1. The van der Waals surface area contributed by atoms with E-state index in [2.05, 4.69) is 29.4 Å². The first-order valence-corrected chi connectivity index (χ1v) is 10.9. The molecule has 6 heteroatoms. The van der Waals surface area contributed by atoms with Crippen LogP contribution in [0.3, 0.4) is 0 Å². The summed E-state index contributed by atoms with van der Waals surface area (Å²) in [6.07, 6.45) is 1.07. The van der Waals surface area contributed by atoms with Crippen molar-refractivity contribution in [2.45, 2.75) is 40.2 Å². The first-order valence-electron chi connectivity index (χ1n) is 9.60. The van der Waals surface area contributed by atoms with E-state index in [1.807, 2.05) is 43.5 Å². The first-order chi connectivity index (χ1) is 13.9. The number of rotatable bonds is 8. The lowest BCUT2D eigenvalue weighted by Gasteiger charge is -2.10. The monoisotopic (exact) mass is 428 g/mol. The van der Waals surface area contributed by atoms with Crippen LogP contribution in [0.25, 0.3) is 10.6 Å². The van der Waals surface area contributed by atoms with Gasteiger partial charge in [0.15, 0.2) is 0 Å². The fourth-order valence-corrected chi connectivity index (χ4v) is 4.03. The number of carbonyl (C=O) groups is 1. The highest BCUT2D eigenvalue weighted by molar-refractivity contribution is 7.13. The van der Waals surface area contributed by atoms with Gasteiger partial charge in [-0.3, -0.25) is 4.79 Å². The number of thiazole rings is 1. The summed E-state index contributed by atoms with van der Waals surface area (Å²) in [6, 6.07) is 12.0. The quantitative estimate of drug-likeness (QED) is 0.457. The average molecular weight is 429 g/mol. The Hall–Kier alpha value is -2.37. The second-order valence-electron chi connectivity index (χ2n) is 7.06. The van der Waals surface area contributed by atoms with Crippen molar-refractivity contribution in [3.05, 3.63) is 69.2 Å². The van der Waals surface area contributed by atoms with E-state index in [1.54, 1.807) is 11.3 Å². The summed E-state index contributed by atoms with van der Waals surface area (Å²) in [5.74, 6) is 0.790. The van der Waals surface area contributed by atoms with Crippen molar-refractivity contribution < 1.29 is 9.53 Å². The van der Waals surface area contributed by atoms with E-state index < -0.39 is 0 Å². The maximum absolute atomic E-state index is 12.1. The Balaban J connectivity index is 1.41. The summed E-state index contributed by atoms with van der Waals surface area (Å²) >= 11 is 7.77. The molecular weight excluding hydrogens is 404 g/mol. The second kappa shape index (κ2) is 9.90. The Morgan fingerprint density at radius 2 is 1.86 bits per heavy atom. The van der Waals surface area contributed by atoms with Gasteiger partial charge < -0.3 is 10.1 Å². The van der Waals surface area contributed by atoms with Gasteiger partial charge in [0.25, 0.3) is 0 Å². The zero-order valence-electron chi connectivity index (χ0n) is 16.9. The highest BCUT2D eigenvalue weighted by atomic mass is 35.5. The van der Waals surface area contributed by atoms with Gasteiger partial charge in [-0.05, 0) is 56.0 Å². The summed E-state index contributed by atoms with van der Waals surface area (Å²) < 4.78 is 5.75. The van der Waals surface area contributed by atoms with Gasteiger partial charge in [-0.15, -0.1) is 11.3 Å². The number of nitrogens with one attached hydrogen (secondary N) is 1. The molecule has 152 valence electrons. The van der Waals surface area contributed by atoms with Crippen molar-refractivity contribution in [2.24, 2.45) is 0 Å². The fourth-order valence-electron chi connectivity index (χ4n) is 3.01. The smallest absolute Gasteiger partial charge is 0.220 e. The highest BCUT2D eigenvalue weighted by Gasteiger charge is 2.09. The summed E-state index contributed by atoms with van der Waals surface area (Å²) in [5, 5.41) is 6.68. The van der Waals surface area contributed by atoms with Crippen LogP contribution in [-0.2, 0) is 11.3 Å². The second-order valence-corrected chi connectivity index (χ2v) is 8.29.